The molecule has 0 aromatic carbocycles. The quantitative estimate of drug-likeness (QED) is 0.715. The van der Waals surface area contributed by atoms with Gasteiger partial charge in [-0.25, -0.2) is 9.59 Å². The standard InChI is InChI=1S/C13H23NO5/c1-5-17-11(15)10-6-7-14(8-9-18-10)12(16)19-13(2,3)4/h10H,5-9H2,1-4H3. The smallest absolute Gasteiger partial charge is 0.410 e. The van der Waals surface area contributed by atoms with Gasteiger partial charge in [-0.15, -0.1) is 0 Å². The highest BCUT2D eigenvalue weighted by molar-refractivity contribution is 5.75. The Morgan fingerprint density at radius 1 is 1.32 bits per heavy atom. The van der Waals surface area contributed by atoms with E-state index in [2.05, 4.69) is 0 Å². The molecule has 1 rings (SSSR count). The van der Waals surface area contributed by atoms with Crippen molar-refractivity contribution < 1.29 is 23.8 Å². The summed E-state index contributed by atoms with van der Waals surface area (Å²) in [5.41, 5.74) is -0.523. The molecule has 1 amide bonds. The number of esters is 1. The summed E-state index contributed by atoms with van der Waals surface area (Å²) in [6.07, 6.45) is -0.536. The second kappa shape index (κ2) is 6.75. The molecule has 6 heteroatoms. The van der Waals surface area contributed by atoms with Crippen LogP contribution in [0.4, 0.5) is 4.79 Å². The van der Waals surface area contributed by atoms with Gasteiger partial charge in [-0.05, 0) is 27.7 Å². The van der Waals surface area contributed by atoms with E-state index in [9.17, 15) is 9.59 Å². The summed E-state index contributed by atoms with van der Waals surface area (Å²) in [6, 6.07) is 0. The molecule has 0 bridgehead atoms. The Bertz CT molecular complexity index is 323. The van der Waals surface area contributed by atoms with E-state index in [4.69, 9.17) is 14.2 Å². The monoisotopic (exact) mass is 273 g/mol. The third-order valence-electron chi connectivity index (χ3n) is 2.54. The first-order valence-corrected chi connectivity index (χ1v) is 6.59. The third kappa shape index (κ3) is 5.46. The Hall–Kier alpha value is -1.30. The summed E-state index contributed by atoms with van der Waals surface area (Å²) < 4.78 is 15.6. The molecule has 1 fully saturated rings. The van der Waals surface area contributed by atoms with Crippen molar-refractivity contribution in [3.8, 4) is 0 Å². The number of carbonyl (C=O) groups is 2. The van der Waals surface area contributed by atoms with Gasteiger partial charge in [0, 0.05) is 19.5 Å². The predicted molar refractivity (Wildman–Crippen MR) is 68.8 cm³/mol. The van der Waals surface area contributed by atoms with E-state index in [0.717, 1.165) is 0 Å². The van der Waals surface area contributed by atoms with Gasteiger partial charge in [0.1, 0.15) is 5.60 Å². The molecule has 0 aromatic rings. The number of amides is 1. The van der Waals surface area contributed by atoms with Crippen LogP contribution in [0, 0.1) is 0 Å². The summed E-state index contributed by atoms with van der Waals surface area (Å²) in [4.78, 5) is 25.0. The SMILES string of the molecule is CCOC(=O)C1CCN(C(=O)OC(C)(C)C)CCO1. The van der Waals surface area contributed by atoms with Gasteiger partial charge in [0.15, 0.2) is 6.10 Å². The van der Waals surface area contributed by atoms with Crippen molar-refractivity contribution in [1.82, 2.24) is 4.90 Å². The van der Waals surface area contributed by atoms with Gasteiger partial charge in [0.05, 0.1) is 13.2 Å². The Morgan fingerprint density at radius 2 is 2.00 bits per heavy atom. The minimum atomic E-state index is -0.590. The lowest BCUT2D eigenvalue weighted by atomic mass is 10.2. The minimum absolute atomic E-state index is 0.308. The van der Waals surface area contributed by atoms with Crippen molar-refractivity contribution in [2.75, 3.05) is 26.3 Å². The minimum Gasteiger partial charge on any atom is -0.464 e. The molecule has 110 valence electrons. The molecule has 19 heavy (non-hydrogen) atoms. The van der Waals surface area contributed by atoms with Crippen LogP contribution in [0.15, 0.2) is 0 Å². The van der Waals surface area contributed by atoms with Crippen molar-refractivity contribution >= 4 is 12.1 Å². The average molecular weight is 273 g/mol. The number of hydrogen-bond acceptors (Lipinski definition) is 5. The Balaban J connectivity index is 2.50. The van der Waals surface area contributed by atoms with Crippen LogP contribution in [0.5, 0.6) is 0 Å². The zero-order valence-corrected chi connectivity index (χ0v) is 12.1. The molecular weight excluding hydrogens is 250 g/mol. The number of hydrogen-bond donors (Lipinski definition) is 0. The Kier molecular flexibility index (Phi) is 5.60. The van der Waals surface area contributed by atoms with Crippen LogP contribution >= 0.6 is 0 Å². The molecular formula is C13H23NO5. The van der Waals surface area contributed by atoms with Crippen LogP contribution in [-0.4, -0.2) is 55.0 Å². The van der Waals surface area contributed by atoms with Gasteiger partial charge in [0.25, 0.3) is 0 Å². The summed E-state index contributed by atoms with van der Waals surface area (Å²) in [7, 11) is 0. The number of rotatable bonds is 2. The van der Waals surface area contributed by atoms with Gasteiger partial charge in [0.2, 0.25) is 0 Å². The van der Waals surface area contributed by atoms with E-state index in [0.29, 0.717) is 32.7 Å². The van der Waals surface area contributed by atoms with Gasteiger partial charge in [-0.2, -0.15) is 0 Å². The fraction of sp³-hybridized carbons (Fsp3) is 0.846. The lowest BCUT2D eigenvalue weighted by molar-refractivity contribution is -0.156. The highest BCUT2D eigenvalue weighted by atomic mass is 16.6. The van der Waals surface area contributed by atoms with Crippen molar-refractivity contribution in [3.63, 3.8) is 0 Å². The van der Waals surface area contributed by atoms with Gasteiger partial charge >= 0.3 is 12.1 Å². The van der Waals surface area contributed by atoms with E-state index in [1.54, 1.807) is 11.8 Å². The van der Waals surface area contributed by atoms with E-state index >= 15 is 0 Å². The first-order chi connectivity index (χ1) is 8.83. The van der Waals surface area contributed by atoms with Gasteiger partial charge < -0.3 is 19.1 Å². The normalized spacial score (nSPS) is 20.6. The topological polar surface area (TPSA) is 65.1 Å². The fourth-order valence-electron chi connectivity index (χ4n) is 1.70. The number of nitrogens with zero attached hydrogens (tertiary/aromatic N) is 1. The highest BCUT2D eigenvalue weighted by Gasteiger charge is 2.28. The summed E-state index contributed by atoms with van der Waals surface area (Å²) in [6.45, 7) is 8.70. The maximum Gasteiger partial charge on any atom is 0.410 e. The molecule has 1 unspecified atom stereocenters. The zero-order valence-electron chi connectivity index (χ0n) is 12.1. The molecule has 1 aliphatic heterocycles. The van der Waals surface area contributed by atoms with Crippen LogP contribution in [0.2, 0.25) is 0 Å². The molecule has 0 aliphatic carbocycles. The van der Waals surface area contributed by atoms with Crippen molar-refractivity contribution in [2.45, 2.75) is 45.8 Å². The van der Waals surface area contributed by atoms with Gasteiger partial charge in [-0.1, -0.05) is 0 Å². The Morgan fingerprint density at radius 3 is 2.58 bits per heavy atom. The van der Waals surface area contributed by atoms with E-state index in [1.807, 2.05) is 20.8 Å². The maximum atomic E-state index is 11.9. The predicted octanol–water partition coefficient (Wildman–Crippen LogP) is 1.58. The second-order valence-electron chi connectivity index (χ2n) is 5.37. The average Bonchev–Trinajstić information content (AvgIpc) is 2.52. The van der Waals surface area contributed by atoms with E-state index < -0.39 is 11.7 Å². The molecule has 1 heterocycles. The van der Waals surface area contributed by atoms with Crippen LogP contribution in [0.1, 0.15) is 34.1 Å². The van der Waals surface area contributed by atoms with Gasteiger partial charge in [-0.3, -0.25) is 0 Å². The molecule has 1 saturated heterocycles. The summed E-state index contributed by atoms with van der Waals surface area (Å²) in [5, 5.41) is 0. The number of carbonyl (C=O) groups excluding carboxylic acids is 2. The third-order valence-corrected chi connectivity index (χ3v) is 2.54. The van der Waals surface area contributed by atoms with Crippen LogP contribution < -0.4 is 0 Å². The lowest BCUT2D eigenvalue weighted by Crippen LogP contribution is -2.38. The zero-order chi connectivity index (χ0) is 14.5. The van der Waals surface area contributed by atoms with Crippen LogP contribution in [0.25, 0.3) is 0 Å². The molecule has 1 atom stereocenters. The van der Waals surface area contributed by atoms with Crippen LogP contribution in [-0.2, 0) is 19.0 Å². The second-order valence-corrected chi connectivity index (χ2v) is 5.37. The molecule has 0 saturated carbocycles. The molecule has 0 aromatic heterocycles. The van der Waals surface area contributed by atoms with Crippen molar-refractivity contribution in [3.05, 3.63) is 0 Å². The molecule has 1 aliphatic rings. The van der Waals surface area contributed by atoms with E-state index in [-0.39, 0.29) is 12.1 Å². The first-order valence-electron chi connectivity index (χ1n) is 6.59. The molecule has 0 radical (unpaired) electrons. The number of ether oxygens (including phenoxy) is 3. The summed E-state index contributed by atoms with van der Waals surface area (Å²) in [5.74, 6) is -0.367. The lowest BCUT2D eigenvalue weighted by Gasteiger charge is -2.25. The van der Waals surface area contributed by atoms with E-state index in [1.165, 1.54) is 0 Å². The van der Waals surface area contributed by atoms with Crippen molar-refractivity contribution in [1.29, 1.82) is 0 Å². The maximum absolute atomic E-state index is 11.9. The molecule has 0 spiro atoms. The Labute approximate surface area is 114 Å². The first kappa shape index (κ1) is 15.8. The van der Waals surface area contributed by atoms with Crippen LogP contribution in [0.3, 0.4) is 0 Å². The molecule has 6 nitrogen and oxygen atoms in total. The van der Waals surface area contributed by atoms with Crippen molar-refractivity contribution in [2.24, 2.45) is 0 Å². The molecule has 0 N–H and O–H groups in total. The highest BCUT2D eigenvalue weighted by Crippen LogP contribution is 2.14. The summed E-state index contributed by atoms with van der Waals surface area (Å²) >= 11 is 0. The largest absolute Gasteiger partial charge is 0.464 e. The fourth-order valence-corrected chi connectivity index (χ4v) is 1.70.